The summed E-state index contributed by atoms with van der Waals surface area (Å²) in [5, 5.41) is 2.90. The molecule has 9 heteroatoms. The minimum absolute atomic E-state index is 0.0129. The van der Waals surface area contributed by atoms with Crippen LogP contribution in [-0.2, 0) is 22.6 Å². The molecule has 2 aromatic carbocycles. The maximum atomic E-state index is 13.8. The molecule has 0 spiro atoms. The molecule has 0 fully saturated rings. The van der Waals surface area contributed by atoms with Crippen LogP contribution in [0.1, 0.15) is 39.0 Å². The Labute approximate surface area is 190 Å². The monoisotopic (exact) mass is 450 g/mol. The van der Waals surface area contributed by atoms with E-state index in [1.807, 2.05) is 30.3 Å². The molecule has 0 radical (unpaired) electrons. The summed E-state index contributed by atoms with van der Waals surface area (Å²) in [6.07, 6.45) is 1.34. The zero-order valence-corrected chi connectivity index (χ0v) is 18.5. The highest BCUT2D eigenvalue weighted by molar-refractivity contribution is 6.15. The highest BCUT2D eigenvalue weighted by Crippen LogP contribution is 2.35. The first kappa shape index (κ1) is 22.2. The largest absolute Gasteiger partial charge is 0.464 e. The fourth-order valence-electron chi connectivity index (χ4n) is 4.09. The standard InChI is InChI=1S/C24H23FN4O4/c1-15-11-17(25)9-10-18(15)29-21(30)20-19(22(31)33-3)27-14-28(20)13-24(29,2)23(32)26-12-16-7-5-4-6-8-16/h4-11,14H,12-13H2,1-3H3,(H,26,32). The Kier molecular flexibility index (Phi) is 5.71. The molecule has 1 aliphatic rings. The van der Waals surface area contributed by atoms with Crippen molar-refractivity contribution in [1.29, 1.82) is 0 Å². The molecule has 0 bridgehead atoms. The summed E-state index contributed by atoms with van der Waals surface area (Å²) in [6, 6.07) is 13.4. The van der Waals surface area contributed by atoms with E-state index in [0.29, 0.717) is 11.3 Å². The number of anilines is 1. The van der Waals surface area contributed by atoms with Crippen LogP contribution < -0.4 is 10.2 Å². The number of methoxy groups -OCH3 is 1. The van der Waals surface area contributed by atoms with Crippen molar-refractivity contribution in [2.24, 2.45) is 0 Å². The van der Waals surface area contributed by atoms with Crippen molar-refractivity contribution < 1.29 is 23.5 Å². The van der Waals surface area contributed by atoms with Gasteiger partial charge in [-0.1, -0.05) is 30.3 Å². The zero-order chi connectivity index (χ0) is 23.8. The van der Waals surface area contributed by atoms with E-state index in [4.69, 9.17) is 4.74 Å². The Balaban J connectivity index is 1.79. The first-order chi connectivity index (χ1) is 15.8. The lowest BCUT2D eigenvalue weighted by Gasteiger charge is -2.44. The van der Waals surface area contributed by atoms with Crippen LogP contribution in [0, 0.1) is 12.7 Å². The average molecular weight is 450 g/mol. The number of imidazole rings is 1. The predicted octanol–water partition coefficient (Wildman–Crippen LogP) is 2.85. The third-order valence-corrected chi connectivity index (χ3v) is 5.78. The Hall–Kier alpha value is -4.01. The van der Waals surface area contributed by atoms with Crippen LogP contribution in [0.25, 0.3) is 0 Å². The van der Waals surface area contributed by atoms with Crippen LogP contribution in [0.4, 0.5) is 10.1 Å². The van der Waals surface area contributed by atoms with Crippen molar-refractivity contribution in [3.63, 3.8) is 0 Å². The number of benzene rings is 2. The van der Waals surface area contributed by atoms with E-state index in [0.717, 1.165) is 5.56 Å². The molecular formula is C24H23FN4O4. The summed E-state index contributed by atoms with van der Waals surface area (Å²) in [6.45, 7) is 3.59. The van der Waals surface area contributed by atoms with E-state index < -0.39 is 29.1 Å². The third-order valence-electron chi connectivity index (χ3n) is 5.78. The number of hydrogen-bond donors (Lipinski definition) is 1. The second-order valence-electron chi connectivity index (χ2n) is 8.07. The molecule has 1 N–H and O–H groups in total. The van der Waals surface area contributed by atoms with Gasteiger partial charge in [0.05, 0.1) is 20.0 Å². The number of nitrogens with zero attached hydrogens (tertiary/aromatic N) is 3. The van der Waals surface area contributed by atoms with Gasteiger partial charge in [-0.3, -0.25) is 14.5 Å². The number of rotatable bonds is 5. The number of halogens is 1. The number of hydrogen-bond acceptors (Lipinski definition) is 5. The third kappa shape index (κ3) is 3.86. The molecule has 3 aromatic rings. The molecule has 33 heavy (non-hydrogen) atoms. The average Bonchev–Trinajstić information content (AvgIpc) is 3.22. The predicted molar refractivity (Wildman–Crippen MR) is 118 cm³/mol. The molecule has 0 aliphatic carbocycles. The van der Waals surface area contributed by atoms with Crippen LogP contribution >= 0.6 is 0 Å². The molecule has 2 heterocycles. The highest BCUT2D eigenvalue weighted by Gasteiger charge is 2.50. The van der Waals surface area contributed by atoms with Gasteiger partial charge < -0.3 is 14.6 Å². The van der Waals surface area contributed by atoms with Crippen molar-refractivity contribution in [3.05, 3.63) is 83.2 Å². The fraction of sp³-hybridized carbons (Fsp3) is 0.250. The fourth-order valence-corrected chi connectivity index (χ4v) is 4.09. The smallest absolute Gasteiger partial charge is 0.359 e. The number of carbonyl (C=O) groups excluding carboxylic acids is 3. The van der Waals surface area contributed by atoms with Gasteiger partial charge in [0.25, 0.3) is 5.91 Å². The number of fused-ring (bicyclic) bond motifs is 1. The molecule has 1 unspecified atom stereocenters. The quantitative estimate of drug-likeness (QED) is 0.604. The van der Waals surface area contributed by atoms with Crippen molar-refractivity contribution in [3.8, 4) is 0 Å². The summed E-state index contributed by atoms with van der Waals surface area (Å²) in [5.41, 5.74) is 0.227. The molecule has 4 rings (SSSR count). The van der Waals surface area contributed by atoms with Gasteiger partial charge in [-0.25, -0.2) is 14.2 Å². The summed E-state index contributed by atoms with van der Waals surface area (Å²) >= 11 is 0. The van der Waals surface area contributed by atoms with Gasteiger partial charge >= 0.3 is 5.97 Å². The second-order valence-corrected chi connectivity index (χ2v) is 8.07. The van der Waals surface area contributed by atoms with Crippen molar-refractivity contribution in [1.82, 2.24) is 14.9 Å². The number of aromatic nitrogens is 2. The minimum atomic E-state index is -1.38. The van der Waals surface area contributed by atoms with Gasteiger partial charge in [-0.15, -0.1) is 0 Å². The Morgan fingerprint density at radius 2 is 1.94 bits per heavy atom. The summed E-state index contributed by atoms with van der Waals surface area (Å²) in [4.78, 5) is 44.8. The van der Waals surface area contributed by atoms with Crippen LogP contribution in [0.2, 0.25) is 0 Å². The SMILES string of the molecule is COC(=O)c1ncn2c1C(=O)N(c1ccc(F)cc1C)C(C)(C(=O)NCc1ccccc1)C2. The summed E-state index contributed by atoms with van der Waals surface area (Å²) < 4.78 is 20.1. The molecule has 2 amide bonds. The van der Waals surface area contributed by atoms with Crippen LogP contribution in [0.15, 0.2) is 54.9 Å². The Bertz CT molecular complexity index is 1240. The van der Waals surface area contributed by atoms with Crippen molar-refractivity contribution >= 4 is 23.5 Å². The van der Waals surface area contributed by atoms with E-state index in [9.17, 15) is 18.8 Å². The summed E-state index contributed by atoms with van der Waals surface area (Å²) in [5.74, 6) is -2.23. The van der Waals surface area contributed by atoms with E-state index in [-0.39, 0.29) is 24.5 Å². The maximum absolute atomic E-state index is 13.8. The van der Waals surface area contributed by atoms with Gasteiger partial charge in [0, 0.05) is 12.2 Å². The van der Waals surface area contributed by atoms with Crippen molar-refractivity contribution in [2.75, 3.05) is 12.0 Å². The lowest BCUT2D eigenvalue weighted by atomic mass is 9.92. The van der Waals surface area contributed by atoms with Crippen LogP contribution in [-0.4, -0.2) is 40.0 Å². The number of ether oxygens (including phenoxy) is 1. The van der Waals surface area contributed by atoms with Crippen molar-refractivity contribution in [2.45, 2.75) is 32.5 Å². The molecule has 1 aromatic heterocycles. The van der Waals surface area contributed by atoms with Gasteiger partial charge in [-0.2, -0.15) is 0 Å². The summed E-state index contributed by atoms with van der Waals surface area (Å²) in [7, 11) is 1.20. The van der Waals surface area contributed by atoms with Gasteiger partial charge in [0.1, 0.15) is 17.1 Å². The maximum Gasteiger partial charge on any atom is 0.359 e. The number of nitrogens with one attached hydrogen (secondary N) is 1. The van der Waals surface area contributed by atoms with Gasteiger partial charge in [-0.05, 0) is 43.2 Å². The Morgan fingerprint density at radius 3 is 2.61 bits per heavy atom. The van der Waals surface area contributed by atoms with E-state index in [1.54, 1.807) is 13.8 Å². The number of aryl methyl sites for hydroxylation is 1. The number of esters is 1. The molecule has 8 nitrogen and oxygen atoms in total. The van der Waals surface area contributed by atoms with Crippen LogP contribution in [0.5, 0.6) is 0 Å². The lowest BCUT2D eigenvalue weighted by Crippen LogP contribution is -2.64. The molecule has 1 atom stereocenters. The normalized spacial score (nSPS) is 17.5. The minimum Gasteiger partial charge on any atom is -0.464 e. The zero-order valence-electron chi connectivity index (χ0n) is 18.5. The molecule has 0 saturated heterocycles. The Morgan fingerprint density at radius 1 is 1.21 bits per heavy atom. The van der Waals surface area contributed by atoms with E-state index >= 15 is 0 Å². The number of carbonyl (C=O) groups is 3. The molecular weight excluding hydrogens is 427 g/mol. The number of amides is 2. The van der Waals surface area contributed by atoms with E-state index in [2.05, 4.69) is 10.3 Å². The molecule has 0 saturated carbocycles. The lowest BCUT2D eigenvalue weighted by molar-refractivity contribution is -0.126. The van der Waals surface area contributed by atoms with Gasteiger partial charge in [0.2, 0.25) is 5.91 Å². The second kappa shape index (κ2) is 8.50. The molecule has 170 valence electrons. The van der Waals surface area contributed by atoms with E-state index in [1.165, 1.54) is 41.1 Å². The van der Waals surface area contributed by atoms with Gasteiger partial charge in [0.15, 0.2) is 5.69 Å². The first-order valence-corrected chi connectivity index (χ1v) is 10.3. The van der Waals surface area contributed by atoms with Crippen LogP contribution in [0.3, 0.4) is 0 Å². The highest BCUT2D eigenvalue weighted by atomic mass is 19.1. The topological polar surface area (TPSA) is 93.5 Å². The molecule has 1 aliphatic heterocycles. The first-order valence-electron chi connectivity index (χ1n) is 10.3.